The van der Waals surface area contributed by atoms with Gasteiger partial charge in [-0.15, -0.1) is 0 Å². The minimum atomic E-state index is -1.70. The van der Waals surface area contributed by atoms with Gasteiger partial charge in [0.05, 0.1) is 16.1 Å². The van der Waals surface area contributed by atoms with E-state index in [1.165, 1.54) is 6.07 Å². The molecule has 0 aliphatic heterocycles. The summed E-state index contributed by atoms with van der Waals surface area (Å²) in [5, 5.41) is 9.87. The maximum absolute atomic E-state index is 13.8. The van der Waals surface area contributed by atoms with Gasteiger partial charge in [0.25, 0.3) is 0 Å². The largest absolute Gasteiger partial charge is 0.388 e. The Bertz CT molecular complexity index is 625. The highest BCUT2D eigenvalue weighted by Crippen LogP contribution is 2.29. The van der Waals surface area contributed by atoms with Crippen LogP contribution >= 0.6 is 15.9 Å². The highest BCUT2D eigenvalue weighted by Gasteiger charge is 2.23. The molecular weight excluding hydrogens is 340 g/mol. The van der Waals surface area contributed by atoms with Gasteiger partial charge in [-0.3, -0.25) is 0 Å². The van der Waals surface area contributed by atoms with Crippen LogP contribution in [0.1, 0.15) is 17.2 Å². The molecule has 0 aliphatic carbocycles. The van der Waals surface area contributed by atoms with Crippen molar-refractivity contribution in [3.8, 4) is 0 Å². The van der Waals surface area contributed by atoms with Crippen molar-refractivity contribution in [2.24, 2.45) is 0 Å². The van der Waals surface area contributed by atoms with Gasteiger partial charge in [0.2, 0.25) is 0 Å². The van der Waals surface area contributed by atoms with Crippen LogP contribution in [-0.4, -0.2) is 5.11 Å². The van der Waals surface area contributed by atoms with Gasteiger partial charge in [0, 0.05) is 12.0 Å². The lowest BCUT2D eigenvalue weighted by molar-refractivity contribution is 0.165. The van der Waals surface area contributed by atoms with Crippen molar-refractivity contribution in [3.63, 3.8) is 0 Å². The van der Waals surface area contributed by atoms with Gasteiger partial charge in [-0.05, 0) is 40.2 Å². The smallest absolute Gasteiger partial charge is 0.146 e. The third kappa shape index (κ3) is 2.86. The van der Waals surface area contributed by atoms with E-state index in [1.54, 1.807) is 0 Å². The van der Waals surface area contributed by atoms with E-state index >= 15 is 0 Å². The second-order valence-corrected chi connectivity index (χ2v) is 5.03. The number of halogens is 5. The van der Waals surface area contributed by atoms with Crippen LogP contribution in [0.2, 0.25) is 0 Å². The Morgan fingerprint density at radius 1 is 0.950 bits per heavy atom. The SMILES string of the molecule is OC(Cc1c(F)cccc1F)c1c(F)ccc(Br)c1F. The van der Waals surface area contributed by atoms with E-state index < -0.39 is 46.9 Å². The molecule has 0 aromatic heterocycles. The van der Waals surface area contributed by atoms with Gasteiger partial charge >= 0.3 is 0 Å². The maximum Gasteiger partial charge on any atom is 0.146 e. The molecule has 6 heteroatoms. The van der Waals surface area contributed by atoms with E-state index in [-0.39, 0.29) is 4.47 Å². The molecule has 1 nitrogen and oxygen atoms in total. The Morgan fingerprint density at radius 2 is 1.55 bits per heavy atom. The van der Waals surface area contributed by atoms with Gasteiger partial charge < -0.3 is 5.11 Å². The Morgan fingerprint density at radius 3 is 2.15 bits per heavy atom. The first-order valence-electron chi connectivity index (χ1n) is 5.66. The van der Waals surface area contributed by atoms with E-state index in [0.29, 0.717) is 0 Å². The van der Waals surface area contributed by atoms with Crippen molar-refractivity contribution < 1.29 is 22.7 Å². The van der Waals surface area contributed by atoms with Crippen LogP contribution in [0, 0.1) is 23.3 Å². The molecule has 0 fully saturated rings. The van der Waals surface area contributed by atoms with Crippen LogP contribution in [0.15, 0.2) is 34.8 Å². The van der Waals surface area contributed by atoms with Gasteiger partial charge in [0.1, 0.15) is 23.3 Å². The fraction of sp³-hybridized carbons (Fsp3) is 0.143. The minimum Gasteiger partial charge on any atom is -0.388 e. The first-order chi connectivity index (χ1) is 9.41. The molecule has 0 amide bonds. The number of hydrogen-bond donors (Lipinski definition) is 1. The molecule has 2 rings (SSSR count). The predicted molar refractivity (Wildman–Crippen MR) is 69.1 cm³/mol. The fourth-order valence-electron chi connectivity index (χ4n) is 1.87. The number of aliphatic hydroxyl groups is 1. The molecule has 0 saturated heterocycles. The molecule has 20 heavy (non-hydrogen) atoms. The van der Waals surface area contributed by atoms with E-state index in [0.717, 1.165) is 24.3 Å². The molecule has 0 aliphatic rings. The lowest BCUT2D eigenvalue weighted by Gasteiger charge is -2.14. The van der Waals surface area contributed by atoms with E-state index in [9.17, 15) is 22.7 Å². The van der Waals surface area contributed by atoms with Crippen LogP contribution in [0.4, 0.5) is 17.6 Å². The number of aliphatic hydroxyl groups excluding tert-OH is 1. The van der Waals surface area contributed by atoms with Crippen molar-refractivity contribution in [2.75, 3.05) is 0 Å². The molecule has 2 aromatic carbocycles. The van der Waals surface area contributed by atoms with Crippen molar-refractivity contribution in [2.45, 2.75) is 12.5 Å². The lowest BCUT2D eigenvalue weighted by Crippen LogP contribution is -2.10. The summed E-state index contributed by atoms with van der Waals surface area (Å²) in [6.45, 7) is 0. The molecule has 0 spiro atoms. The maximum atomic E-state index is 13.8. The minimum absolute atomic E-state index is 0.0399. The molecule has 0 saturated carbocycles. The lowest BCUT2D eigenvalue weighted by atomic mass is 9.99. The molecule has 106 valence electrons. The van der Waals surface area contributed by atoms with Crippen molar-refractivity contribution in [3.05, 3.63) is 69.2 Å². The molecule has 0 radical (unpaired) electrons. The summed E-state index contributed by atoms with van der Waals surface area (Å²) in [5.41, 5.74) is -1.04. The Balaban J connectivity index is 2.38. The average molecular weight is 349 g/mol. The number of rotatable bonds is 3. The summed E-state index contributed by atoms with van der Waals surface area (Å²) in [6, 6.07) is 5.30. The number of hydrogen-bond acceptors (Lipinski definition) is 1. The van der Waals surface area contributed by atoms with Gasteiger partial charge in [-0.2, -0.15) is 0 Å². The van der Waals surface area contributed by atoms with E-state index in [1.807, 2.05) is 0 Å². The third-order valence-corrected chi connectivity index (χ3v) is 3.48. The van der Waals surface area contributed by atoms with Crippen molar-refractivity contribution >= 4 is 15.9 Å². The monoisotopic (exact) mass is 348 g/mol. The zero-order valence-electron chi connectivity index (χ0n) is 10.0. The summed E-state index contributed by atoms with van der Waals surface area (Å²) in [5.74, 6) is -3.72. The quantitative estimate of drug-likeness (QED) is 0.648. The summed E-state index contributed by atoms with van der Waals surface area (Å²) >= 11 is 2.86. The predicted octanol–water partition coefficient (Wildman–Crippen LogP) is 4.28. The van der Waals surface area contributed by atoms with E-state index in [4.69, 9.17) is 0 Å². The normalized spacial score (nSPS) is 12.5. The standard InChI is InChI=1S/C14H9BrF4O/c15-8-4-5-11(18)13(14(8)19)12(20)6-7-9(16)2-1-3-10(7)17/h1-5,12,20H,6H2. The molecule has 1 atom stereocenters. The van der Waals surface area contributed by atoms with E-state index in [2.05, 4.69) is 15.9 Å². The van der Waals surface area contributed by atoms with Crippen LogP contribution in [0.3, 0.4) is 0 Å². The van der Waals surface area contributed by atoms with Crippen LogP contribution in [-0.2, 0) is 6.42 Å². The third-order valence-electron chi connectivity index (χ3n) is 2.87. The van der Waals surface area contributed by atoms with Crippen molar-refractivity contribution in [1.82, 2.24) is 0 Å². The molecule has 0 bridgehead atoms. The molecule has 1 N–H and O–H groups in total. The van der Waals surface area contributed by atoms with Gasteiger partial charge in [-0.25, -0.2) is 17.6 Å². The molecule has 2 aromatic rings. The van der Waals surface area contributed by atoms with Crippen LogP contribution in [0.5, 0.6) is 0 Å². The fourth-order valence-corrected chi connectivity index (χ4v) is 2.22. The average Bonchev–Trinajstić information content (AvgIpc) is 2.39. The summed E-state index contributed by atoms with van der Waals surface area (Å²) in [6.07, 6.45) is -2.26. The first kappa shape index (κ1) is 15.0. The Labute approximate surface area is 121 Å². The first-order valence-corrected chi connectivity index (χ1v) is 6.45. The summed E-state index contributed by atoms with van der Waals surface area (Å²) in [7, 11) is 0. The summed E-state index contributed by atoms with van der Waals surface area (Å²) in [4.78, 5) is 0. The molecule has 1 unspecified atom stereocenters. The topological polar surface area (TPSA) is 20.2 Å². The van der Waals surface area contributed by atoms with Gasteiger partial charge in [0.15, 0.2) is 0 Å². The summed E-state index contributed by atoms with van der Waals surface area (Å²) < 4.78 is 54.2. The number of benzene rings is 2. The second kappa shape index (κ2) is 5.93. The highest BCUT2D eigenvalue weighted by atomic mass is 79.9. The van der Waals surface area contributed by atoms with Crippen molar-refractivity contribution in [1.29, 1.82) is 0 Å². The Hall–Kier alpha value is -1.40. The Kier molecular flexibility index (Phi) is 4.45. The highest BCUT2D eigenvalue weighted by molar-refractivity contribution is 9.10. The second-order valence-electron chi connectivity index (χ2n) is 4.18. The zero-order chi connectivity index (χ0) is 14.9. The zero-order valence-corrected chi connectivity index (χ0v) is 11.6. The molecule has 0 heterocycles. The van der Waals surface area contributed by atoms with Crippen LogP contribution < -0.4 is 0 Å². The van der Waals surface area contributed by atoms with Gasteiger partial charge in [-0.1, -0.05) is 6.07 Å². The van der Waals surface area contributed by atoms with Crippen LogP contribution in [0.25, 0.3) is 0 Å². The molecular formula is C14H9BrF4O.